The molecule has 1 aromatic carbocycles. The highest BCUT2D eigenvalue weighted by Gasteiger charge is 2.24. The number of aliphatic hydroxyl groups excluding tert-OH is 3. The van der Waals surface area contributed by atoms with Crippen LogP contribution in [0.1, 0.15) is 22.0 Å². The molecule has 18 heavy (non-hydrogen) atoms. The molecule has 0 aromatic heterocycles. The van der Waals surface area contributed by atoms with Gasteiger partial charge in [0.15, 0.2) is 0 Å². The number of carbonyl (C=O) groups excluding carboxylic acids is 1. The third kappa shape index (κ3) is 2.81. The number of aliphatic hydroxyl groups is 3. The quantitative estimate of drug-likeness (QED) is 0.672. The number of ether oxygens (including phenoxy) is 1. The van der Waals surface area contributed by atoms with Crippen LogP contribution in [0.5, 0.6) is 0 Å². The van der Waals surface area contributed by atoms with Crippen molar-refractivity contribution in [3.05, 3.63) is 34.9 Å². The third-order valence-corrected chi connectivity index (χ3v) is 2.35. The molecule has 0 fully saturated rings. The minimum absolute atomic E-state index is 0.292. The first kappa shape index (κ1) is 14.5. The molecule has 0 bridgehead atoms. The molecular formula is C11H12F2O5. The van der Waals surface area contributed by atoms with Gasteiger partial charge < -0.3 is 20.1 Å². The van der Waals surface area contributed by atoms with Gasteiger partial charge in [-0.25, -0.2) is 13.6 Å². The number of hydrogen-bond acceptors (Lipinski definition) is 5. The number of methoxy groups -OCH3 is 1. The Kier molecular flexibility index (Phi) is 4.71. The number of rotatable bonds is 4. The van der Waals surface area contributed by atoms with Crippen LogP contribution in [-0.2, 0) is 4.74 Å². The van der Waals surface area contributed by atoms with Crippen LogP contribution in [-0.4, -0.2) is 41.1 Å². The van der Waals surface area contributed by atoms with Crippen molar-refractivity contribution < 1.29 is 33.6 Å². The zero-order valence-electron chi connectivity index (χ0n) is 9.43. The molecule has 0 aliphatic heterocycles. The molecule has 7 heteroatoms. The number of halogens is 2. The van der Waals surface area contributed by atoms with E-state index in [0.717, 1.165) is 7.11 Å². The Bertz CT molecular complexity index is 426. The van der Waals surface area contributed by atoms with Crippen molar-refractivity contribution in [1.29, 1.82) is 0 Å². The highest BCUT2D eigenvalue weighted by Crippen LogP contribution is 2.23. The molecule has 1 aromatic rings. The molecule has 2 atom stereocenters. The molecule has 2 unspecified atom stereocenters. The smallest absolute Gasteiger partial charge is 0.343 e. The third-order valence-electron chi connectivity index (χ3n) is 2.35. The minimum atomic E-state index is -1.66. The first-order valence-corrected chi connectivity index (χ1v) is 4.96. The Labute approximate surface area is 101 Å². The molecule has 3 N–H and O–H groups in total. The van der Waals surface area contributed by atoms with Crippen molar-refractivity contribution in [3.8, 4) is 0 Å². The summed E-state index contributed by atoms with van der Waals surface area (Å²) in [4.78, 5) is 11.1. The van der Waals surface area contributed by atoms with Gasteiger partial charge in [0.1, 0.15) is 29.4 Å². The van der Waals surface area contributed by atoms with Crippen LogP contribution >= 0.6 is 0 Å². The van der Waals surface area contributed by atoms with E-state index in [9.17, 15) is 18.7 Å². The van der Waals surface area contributed by atoms with Gasteiger partial charge in [0, 0.05) is 0 Å². The number of hydrogen-bond donors (Lipinski definition) is 3. The van der Waals surface area contributed by atoms with Crippen molar-refractivity contribution in [1.82, 2.24) is 0 Å². The maximum Gasteiger partial charge on any atom is 0.343 e. The lowest BCUT2D eigenvalue weighted by Gasteiger charge is -2.16. The van der Waals surface area contributed by atoms with Gasteiger partial charge >= 0.3 is 5.97 Å². The van der Waals surface area contributed by atoms with Gasteiger partial charge in [-0.1, -0.05) is 0 Å². The summed E-state index contributed by atoms with van der Waals surface area (Å²) in [6.45, 7) is -0.775. The Morgan fingerprint density at radius 2 is 1.83 bits per heavy atom. The predicted molar refractivity (Wildman–Crippen MR) is 55.7 cm³/mol. The molecule has 0 saturated heterocycles. The fourth-order valence-electron chi connectivity index (χ4n) is 1.38. The van der Waals surface area contributed by atoms with E-state index in [1.165, 1.54) is 0 Å². The summed E-state index contributed by atoms with van der Waals surface area (Å²) in [7, 11) is 0.972. The monoisotopic (exact) mass is 262 g/mol. The summed E-state index contributed by atoms with van der Waals surface area (Å²) in [6, 6.07) is 1.39. The lowest BCUT2D eigenvalue weighted by molar-refractivity contribution is -0.0155. The van der Waals surface area contributed by atoms with Gasteiger partial charge in [0.05, 0.1) is 13.7 Å². The van der Waals surface area contributed by atoms with E-state index in [4.69, 9.17) is 10.2 Å². The zero-order valence-corrected chi connectivity index (χ0v) is 9.43. The summed E-state index contributed by atoms with van der Waals surface area (Å²) >= 11 is 0. The molecule has 100 valence electrons. The first-order valence-electron chi connectivity index (χ1n) is 4.96. The van der Waals surface area contributed by atoms with Gasteiger partial charge in [-0.3, -0.25) is 0 Å². The lowest BCUT2D eigenvalue weighted by Crippen LogP contribution is -2.22. The topological polar surface area (TPSA) is 87.0 Å². The highest BCUT2D eigenvalue weighted by atomic mass is 19.1. The first-order chi connectivity index (χ1) is 8.42. The fourth-order valence-corrected chi connectivity index (χ4v) is 1.38. The van der Waals surface area contributed by atoms with Gasteiger partial charge in [-0.15, -0.1) is 0 Å². The second kappa shape index (κ2) is 5.85. The van der Waals surface area contributed by atoms with Gasteiger partial charge in [-0.2, -0.15) is 0 Å². The van der Waals surface area contributed by atoms with Crippen molar-refractivity contribution in [3.63, 3.8) is 0 Å². The van der Waals surface area contributed by atoms with Crippen LogP contribution in [0.25, 0.3) is 0 Å². The van der Waals surface area contributed by atoms with Gasteiger partial charge in [0.25, 0.3) is 0 Å². The van der Waals surface area contributed by atoms with Crippen LogP contribution in [0.3, 0.4) is 0 Å². The number of benzene rings is 1. The second-order valence-corrected chi connectivity index (χ2v) is 3.55. The average molecular weight is 262 g/mol. The van der Waals surface area contributed by atoms with Gasteiger partial charge in [-0.05, 0) is 17.7 Å². The summed E-state index contributed by atoms with van der Waals surface area (Å²) in [5, 5.41) is 27.2. The van der Waals surface area contributed by atoms with Gasteiger partial charge in [0.2, 0.25) is 0 Å². The summed E-state index contributed by atoms with van der Waals surface area (Å²) in [5.41, 5.74) is -1.17. The molecule has 0 spiro atoms. The van der Waals surface area contributed by atoms with E-state index in [2.05, 4.69) is 4.74 Å². The Morgan fingerprint density at radius 1 is 1.33 bits per heavy atom. The molecule has 0 radical (unpaired) electrons. The van der Waals surface area contributed by atoms with Crippen LogP contribution in [0.2, 0.25) is 0 Å². The molecular weight excluding hydrogens is 250 g/mol. The fraction of sp³-hybridized carbons (Fsp3) is 0.364. The van der Waals surface area contributed by atoms with E-state index in [0.29, 0.717) is 12.1 Å². The van der Waals surface area contributed by atoms with E-state index in [1.807, 2.05) is 0 Å². The largest absolute Gasteiger partial charge is 0.465 e. The average Bonchev–Trinajstić information content (AvgIpc) is 2.35. The number of carbonyl (C=O) groups is 1. The van der Waals surface area contributed by atoms with Crippen LogP contribution in [0.15, 0.2) is 12.1 Å². The normalized spacial score (nSPS) is 14.1. The SMILES string of the molecule is COC(=O)c1c(F)cc(C(O)C(O)CO)cc1F. The van der Waals surface area contributed by atoms with E-state index in [-0.39, 0.29) is 5.56 Å². The molecule has 0 amide bonds. The molecule has 5 nitrogen and oxygen atoms in total. The Balaban J connectivity index is 3.18. The lowest BCUT2D eigenvalue weighted by atomic mass is 10.0. The second-order valence-electron chi connectivity index (χ2n) is 3.55. The number of esters is 1. The molecule has 0 heterocycles. The predicted octanol–water partition coefficient (Wildman–Crippen LogP) is 0.138. The van der Waals surface area contributed by atoms with Crippen molar-refractivity contribution in [2.45, 2.75) is 12.2 Å². The van der Waals surface area contributed by atoms with E-state index < -0.39 is 42.0 Å². The standard InChI is InChI=1S/C11H12F2O5/c1-18-11(17)9-6(12)2-5(3-7(9)13)10(16)8(15)4-14/h2-3,8,10,14-16H,4H2,1H3. The van der Waals surface area contributed by atoms with E-state index >= 15 is 0 Å². The summed E-state index contributed by atoms with van der Waals surface area (Å²) in [5.74, 6) is -3.63. The van der Waals surface area contributed by atoms with E-state index in [1.54, 1.807) is 0 Å². The van der Waals surface area contributed by atoms with Crippen LogP contribution in [0.4, 0.5) is 8.78 Å². The van der Waals surface area contributed by atoms with Crippen molar-refractivity contribution >= 4 is 5.97 Å². The minimum Gasteiger partial charge on any atom is -0.465 e. The summed E-state index contributed by atoms with van der Waals surface area (Å²) < 4.78 is 31.2. The Morgan fingerprint density at radius 3 is 2.22 bits per heavy atom. The molecule has 0 saturated carbocycles. The zero-order chi connectivity index (χ0) is 13.9. The maximum atomic E-state index is 13.5. The molecule has 1 rings (SSSR count). The van der Waals surface area contributed by atoms with Crippen LogP contribution in [0, 0.1) is 11.6 Å². The van der Waals surface area contributed by atoms with Crippen molar-refractivity contribution in [2.75, 3.05) is 13.7 Å². The van der Waals surface area contributed by atoms with Crippen LogP contribution < -0.4 is 0 Å². The Hall–Kier alpha value is -1.57. The maximum absolute atomic E-state index is 13.5. The van der Waals surface area contributed by atoms with Crippen molar-refractivity contribution in [2.24, 2.45) is 0 Å². The molecule has 0 aliphatic carbocycles. The summed E-state index contributed by atoms with van der Waals surface area (Å²) in [6.07, 6.45) is -3.24. The highest BCUT2D eigenvalue weighted by molar-refractivity contribution is 5.90. The molecule has 0 aliphatic rings.